The van der Waals surface area contributed by atoms with Crippen molar-refractivity contribution in [3.63, 3.8) is 0 Å². The Labute approximate surface area is 138 Å². The average molecular weight is 320 g/mol. The molecule has 128 valence electrons. The van der Waals surface area contributed by atoms with Gasteiger partial charge in [0.1, 0.15) is 5.75 Å². The van der Waals surface area contributed by atoms with E-state index < -0.39 is 5.41 Å². The molecule has 0 spiro atoms. The largest absolute Gasteiger partial charge is 0.497 e. The van der Waals surface area contributed by atoms with Crippen molar-refractivity contribution in [2.75, 3.05) is 13.7 Å². The first kappa shape index (κ1) is 19.0. The van der Waals surface area contributed by atoms with Crippen molar-refractivity contribution in [2.45, 2.75) is 46.6 Å². The molecule has 1 aromatic carbocycles. The summed E-state index contributed by atoms with van der Waals surface area (Å²) in [6.45, 7) is 7.91. The molecule has 2 amide bonds. The summed E-state index contributed by atoms with van der Waals surface area (Å²) in [6, 6.07) is 7.64. The monoisotopic (exact) mass is 320 g/mol. The SMILES string of the molecule is CCC(NC(=O)CCNC(=O)C(C)(C)C)c1ccc(OC)cc1. The third-order valence-electron chi connectivity index (χ3n) is 3.58. The first-order chi connectivity index (χ1) is 10.8. The number of nitrogens with one attached hydrogen (secondary N) is 2. The third kappa shape index (κ3) is 6.30. The van der Waals surface area contributed by atoms with Gasteiger partial charge in [0.2, 0.25) is 11.8 Å². The Bertz CT molecular complexity index is 518. The Kier molecular flexibility index (Phi) is 7.07. The van der Waals surface area contributed by atoms with Crippen molar-refractivity contribution < 1.29 is 14.3 Å². The molecule has 0 aromatic heterocycles. The van der Waals surface area contributed by atoms with Crippen LogP contribution in [0.25, 0.3) is 0 Å². The van der Waals surface area contributed by atoms with Crippen molar-refractivity contribution in [1.29, 1.82) is 0 Å². The molecule has 1 atom stereocenters. The lowest BCUT2D eigenvalue weighted by Gasteiger charge is -2.19. The van der Waals surface area contributed by atoms with Gasteiger partial charge >= 0.3 is 0 Å². The lowest BCUT2D eigenvalue weighted by atomic mass is 9.96. The van der Waals surface area contributed by atoms with E-state index >= 15 is 0 Å². The highest BCUT2D eigenvalue weighted by atomic mass is 16.5. The van der Waals surface area contributed by atoms with E-state index in [9.17, 15) is 9.59 Å². The maximum atomic E-state index is 12.1. The molecule has 0 bridgehead atoms. The molecule has 1 unspecified atom stereocenters. The molecular weight excluding hydrogens is 292 g/mol. The van der Waals surface area contributed by atoms with Gasteiger partial charge in [0.25, 0.3) is 0 Å². The Morgan fingerprint density at radius 3 is 2.26 bits per heavy atom. The number of amides is 2. The minimum atomic E-state index is -0.439. The first-order valence-electron chi connectivity index (χ1n) is 7.99. The smallest absolute Gasteiger partial charge is 0.225 e. The van der Waals surface area contributed by atoms with Crippen LogP contribution >= 0.6 is 0 Å². The summed E-state index contributed by atoms with van der Waals surface area (Å²) in [4.78, 5) is 23.8. The molecule has 0 saturated heterocycles. The van der Waals surface area contributed by atoms with E-state index in [0.29, 0.717) is 6.54 Å². The van der Waals surface area contributed by atoms with Crippen molar-refractivity contribution >= 4 is 11.8 Å². The molecule has 0 aliphatic carbocycles. The number of hydrogen-bond donors (Lipinski definition) is 2. The highest BCUT2D eigenvalue weighted by Gasteiger charge is 2.21. The van der Waals surface area contributed by atoms with Gasteiger partial charge in [-0.15, -0.1) is 0 Å². The molecule has 0 saturated carbocycles. The zero-order valence-electron chi connectivity index (χ0n) is 14.7. The summed E-state index contributed by atoms with van der Waals surface area (Å²) in [5.41, 5.74) is 0.603. The normalized spacial score (nSPS) is 12.4. The van der Waals surface area contributed by atoms with Gasteiger partial charge in [-0.3, -0.25) is 9.59 Å². The van der Waals surface area contributed by atoms with Crippen molar-refractivity contribution in [1.82, 2.24) is 10.6 Å². The number of methoxy groups -OCH3 is 1. The van der Waals surface area contributed by atoms with Crippen LogP contribution in [0.2, 0.25) is 0 Å². The van der Waals surface area contributed by atoms with Gasteiger partial charge in [-0.05, 0) is 24.1 Å². The van der Waals surface area contributed by atoms with Gasteiger partial charge in [0.05, 0.1) is 13.2 Å². The Hall–Kier alpha value is -2.04. The Balaban J connectivity index is 2.48. The van der Waals surface area contributed by atoms with Gasteiger partial charge in [0.15, 0.2) is 0 Å². The van der Waals surface area contributed by atoms with Gasteiger partial charge < -0.3 is 15.4 Å². The molecular formula is C18H28N2O3. The average Bonchev–Trinajstić information content (AvgIpc) is 2.51. The lowest BCUT2D eigenvalue weighted by molar-refractivity contribution is -0.128. The number of hydrogen-bond acceptors (Lipinski definition) is 3. The van der Waals surface area contributed by atoms with Gasteiger partial charge in [-0.2, -0.15) is 0 Å². The van der Waals surface area contributed by atoms with Crippen LogP contribution in [0.15, 0.2) is 24.3 Å². The van der Waals surface area contributed by atoms with Crippen LogP contribution in [0.3, 0.4) is 0 Å². The van der Waals surface area contributed by atoms with E-state index in [-0.39, 0.29) is 24.3 Å². The zero-order chi connectivity index (χ0) is 17.5. The van der Waals surface area contributed by atoms with Crippen molar-refractivity contribution in [3.05, 3.63) is 29.8 Å². The molecule has 5 nitrogen and oxygen atoms in total. The molecule has 0 fully saturated rings. The number of ether oxygens (including phenoxy) is 1. The molecule has 23 heavy (non-hydrogen) atoms. The lowest BCUT2D eigenvalue weighted by Crippen LogP contribution is -2.37. The highest BCUT2D eigenvalue weighted by molar-refractivity contribution is 5.82. The molecule has 1 rings (SSSR count). The number of rotatable bonds is 7. The Morgan fingerprint density at radius 1 is 1.17 bits per heavy atom. The van der Waals surface area contributed by atoms with Gasteiger partial charge in [-0.25, -0.2) is 0 Å². The summed E-state index contributed by atoms with van der Waals surface area (Å²) >= 11 is 0. The summed E-state index contributed by atoms with van der Waals surface area (Å²) < 4.78 is 5.14. The second-order valence-corrected chi connectivity index (χ2v) is 6.56. The molecule has 1 aromatic rings. The second-order valence-electron chi connectivity index (χ2n) is 6.56. The molecule has 2 N–H and O–H groups in total. The fourth-order valence-corrected chi connectivity index (χ4v) is 2.08. The highest BCUT2D eigenvalue weighted by Crippen LogP contribution is 2.20. The zero-order valence-corrected chi connectivity index (χ0v) is 14.7. The summed E-state index contributed by atoms with van der Waals surface area (Å²) in [7, 11) is 1.62. The number of benzene rings is 1. The van der Waals surface area contributed by atoms with E-state index in [1.54, 1.807) is 7.11 Å². The van der Waals surface area contributed by atoms with Crippen molar-refractivity contribution in [3.8, 4) is 5.75 Å². The van der Waals surface area contributed by atoms with E-state index in [1.165, 1.54) is 0 Å². The fraction of sp³-hybridized carbons (Fsp3) is 0.556. The second kappa shape index (κ2) is 8.56. The van der Waals surface area contributed by atoms with Gasteiger partial charge in [0, 0.05) is 18.4 Å². The van der Waals surface area contributed by atoms with Crippen LogP contribution in [-0.2, 0) is 9.59 Å². The molecule has 0 radical (unpaired) electrons. The van der Waals surface area contributed by atoms with Crippen LogP contribution in [0, 0.1) is 5.41 Å². The molecule has 0 aliphatic heterocycles. The maximum Gasteiger partial charge on any atom is 0.225 e. The molecule has 5 heteroatoms. The first-order valence-corrected chi connectivity index (χ1v) is 7.99. The number of carbonyl (C=O) groups excluding carboxylic acids is 2. The van der Waals surface area contributed by atoms with E-state index in [1.807, 2.05) is 52.0 Å². The molecule has 0 heterocycles. The Morgan fingerprint density at radius 2 is 1.78 bits per heavy atom. The van der Waals surface area contributed by atoms with Crippen molar-refractivity contribution in [2.24, 2.45) is 5.41 Å². The van der Waals surface area contributed by atoms with Crippen LogP contribution in [-0.4, -0.2) is 25.5 Å². The predicted octanol–water partition coefficient (Wildman–Crippen LogP) is 2.81. The van der Waals surface area contributed by atoms with Crippen LogP contribution < -0.4 is 15.4 Å². The summed E-state index contributed by atoms with van der Waals surface area (Å²) in [5, 5.41) is 5.79. The summed E-state index contributed by atoms with van der Waals surface area (Å²) in [5.74, 6) is 0.675. The van der Waals surface area contributed by atoms with E-state index in [4.69, 9.17) is 4.74 Å². The van der Waals surface area contributed by atoms with E-state index in [2.05, 4.69) is 10.6 Å². The summed E-state index contributed by atoms with van der Waals surface area (Å²) in [6.07, 6.45) is 1.07. The third-order valence-corrected chi connectivity index (χ3v) is 3.58. The van der Waals surface area contributed by atoms with E-state index in [0.717, 1.165) is 17.7 Å². The maximum absolute atomic E-state index is 12.1. The quantitative estimate of drug-likeness (QED) is 0.812. The van der Waals surface area contributed by atoms with Crippen LogP contribution in [0.4, 0.5) is 0 Å². The van der Waals surface area contributed by atoms with Gasteiger partial charge in [-0.1, -0.05) is 39.8 Å². The topological polar surface area (TPSA) is 67.4 Å². The predicted molar refractivity (Wildman–Crippen MR) is 91.3 cm³/mol. The minimum Gasteiger partial charge on any atom is -0.497 e. The molecule has 0 aliphatic rings. The van der Waals surface area contributed by atoms with Crippen LogP contribution in [0.1, 0.15) is 52.1 Å². The standard InChI is InChI=1S/C18H28N2O3/c1-6-15(13-7-9-14(23-5)10-8-13)20-16(21)11-12-19-17(22)18(2,3)4/h7-10,15H,6,11-12H2,1-5H3,(H,19,22)(H,20,21). The fourth-order valence-electron chi connectivity index (χ4n) is 2.08. The minimum absolute atomic E-state index is 0.0354. The van der Waals surface area contributed by atoms with Crippen LogP contribution in [0.5, 0.6) is 5.75 Å². The number of carbonyl (C=O) groups is 2.